The van der Waals surface area contributed by atoms with E-state index in [2.05, 4.69) is 35.6 Å². The monoisotopic (exact) mass is 487 g/mol. The maximum atomic E-state index is 14.7. The highest BCUT2D eigenvalue weighted by molar-refractivity contribution is 6.45. The van der Waals surface area contributed by atoms with Crippen molar-refractivity contribution in [2.75, 3.05) is 31.1 Å². The fourth-order valence-corrected chi connectivity index (χ4v) is 4.25. The minimum absolute atomic E-state index is 0.0159. The fourth-order valence-electron chi connectivity index (χ4n) is 4.25. The Balaban J connectivity index is 1.21. The molecule has 0 saturated carbocycles. The van der Waals surface area contributed by atoms with Crippen LogP contribution in [0.2, 0.25) is 0 Å². The van der Waals surface area contributed by atoms with E-state index >= 15 is 0 Å². The van der Waals surface area contributed by atoms with Gasteiger partial charge in [0.25, 0.3) is 11.7 Å². The van der Waals surface area contributed by atoms with Crippen LogP contribution in [0.4, 0.5) is 10.2 Å². The van der Waals surface area contributed by atoms with E-state index in [4.69, 9.17) is 0 Å². The third kappa shape index (κ3) is 3.55. The Labute approximate surface area is 202 Å². The largest absolute Gasteiger partial charge is 0.357 e. The number of amides is 1. The number of Topliss-reactive ketones (excluding diaryl/α,β-unsaturated/α-hetero) is 1. The maximum absolute atomic E-state index is 14.7. The van der Waals surface area contributed by atoms with Gasteiger partial charge >= 0.3 is 0 Å². The van der Waals surface area contributed by atoms with Crippen molar-refractivity contribution in [1.29, 1.82) is 0 Å². The number of carbonyl (C=O) groups excluding carboxylic acids is 2. The number of aromatic nitrogens is 9. The van der Waals surface area contributed by atoms with Crippen LogP contribution < -0.4 is 4.90 Å². The molecule has 14 heteroatoms. The number of halogens is 1. The number of fused-ring (bicyclic) bond motifs is 1. The van der Waals surface area contributed by atoms with Crippen LogP contribution in [0.1, 0.15) is 10.4 Å². The van der Waals surface area contributed by atoms with Crippen LogP contribution in [0, 0.1) is 5.82 Å². The van der Waals surface area contributed by atoms with E-state index in [9.17, 15) is 14.0 Å². The molecule has 0 radical (unpaired) electrons. The molecule has 0 aliphatic carbocycles. The number of anilines is 1. The van der Waals surface area contributed by atoms with Gasteiger partial charge in [-0.1, -0.05) is 16.5 Å². The fraction of sp³-hybridized carbons (Fsp3) is 0.182. The van der Waals surface area contributed by atoms with E-state index in [1.165, 1.54) is 22.0 Å². The Kier molecular flexibility index (Phi) is 5.17. The van der Waals surface area contributed by atoms with Crippen molar-refractivity contribution in [1.82, 2.24) is 49.8 Å². The summed E-state index contributed by atoms with van der Waals surface area (Å²) in [6.45, 7) is 1.52. The number of hydrogen-bond donors (Lipinski definition) is 1. The van der Waals surface area contributed by atoms with Crippen LogP contribution in [0.25, 0.3) is 22.5 Å². The average molecular weight is 487 g/mol. The van der Waals surface area contributed by atoms with Gasteiger partial charge in [0.05, 0.1) is 41.3 Å². The molecule has 0 atom stereocenters. The van der Waals surface area contributed by atoms with Crippen molar-refractivity contribution >= 4 is 28.4 Å². The van der Waals surface area contributed by atoms with Crippen molar-refractivity contribution < 1.29 is 14.0 Å². The third-order valence-electron chi connectivity index (χ3n) is 6.01. The summed E-state index contributed by atoms with van der Waals surface area (Å²) in [6.07, 6.45) is 8.61. The van der Waals surface area contributed by atoms with Crippen LogP contribution in [0.3, 0.4) is 0 Å². The summed E-state index contributed by atoms with van der Waals surface area (Å²) >= 11 is 0. The summed E-state index contributed by atoms with van der Waals surface area (Å²) in [5, 5.41) is 15.7. The Bertz CT molecular complexity index is 1550. The first-order chi connectivity index (χ1) is 17.6. The van der Waals surface area contributed by atoms with Crippen molar-refractivity contribution in [2.45, 2.75) is 0 Å². The molecule has 1 aliphatic rings. The van der Waals surface area contributed by atoms with Gasteiger partial charge in [-0.05, 0) is 12.1 Å². The minimum Gasteiger partial charge on any atom is -0.357 e. The molecule has 180 valence electrons. The number of carbonyl (C=O) groups is 2. The zero-order valence-corrected chi connectivity index (χ0v) is 18.7. The molecule has 0 unspecified atom stereocenters. The number of nitrogens with one attached hydrogen (secondary N) is 1. The molecule has 5 aromatic rings. The zero-order chi connectivity index (χ0) is 24.6. The molecule has 6 rings (SSSR count). The lowest BCUT2D eigenvalue weighted by molar-refractivity contribution is -0.126. The first-order valence-corrected chi connectivity index (χ1v) is 11.0. The molecule has 1 N–H and O–H groups in total. The van der Waals surface area contributed by atoms with E-state index in [1.54, 1.807) is 23.3 Å². The molecule has 0 aromatic carbocycles. The number of pyridine rings is 2. The average Bonchev–Trinajstić information content (AvgIpc) is 3.70. The van der Waals surface area contributed by atoms with Gasteiger partial charge in [-0.25, -0.2) is 19.0 Å². The lowest BCUT2D eigenvalue weighted by Crippen LogP contribution is -2.51. The molecule has 13 nitrogen and oxygen atoms in total. The summed E-state index contributed by atoms with van der Waals surface area (Å²) in [7, 11) is 0. The van der Waals surface area contributed by atoms with Gasteiger partial charge in [0.2, 0.25) is 0 Å². The molecule has 0 spiro atoms. The van der Waals surface area contributed by atoms with Crippen molar-refractivity contribution in [3.8, 4) is 11.6 Å². The first kappa shape index (κ1) is 21.5. The smallest absolute Gasteiger partial charge is 0.295 e. The predicted molar refractivity (Wildman–Crippen MR) is 123 cm³/mol. The first-order valence-electron chi connectivity index (χ1n) is 11.0. The highest BCUT2D eigenvalue weighted by Gasteiger charge is 2.31. The highest BCUT2D eigenvalue weighted by Crippen LogP contribution is 2.26. The van der Waals surface area contributed by atoms with Crippen molar-refractivity contribution in [2.24, 2.45) is 0 Å². The molecule has 6 heterocycles. The predicted octanol–water partition coefficient (Wildman–Crippen LogP) is 0.790. The van der Waals surface area contributed by atoms with Crippen molar-refractivity contribution in [3.05, 3.63) is 66.8 Å². The second kappa shape index (κ2) is 8.65. The molecule has 1 saturated heterocycles. The van der Waals surface area contributed by atoms with Crippen LogP contribution >= 0.6 is 0 Å². The number of hydrogen-bond acceptors (Lipinski definition) is 9. The van der Waals surface area contributed by atoms with Gasteiger partial charge in [0.1, 0.15) is 0 Å². The Morgan fingerprint density at radius 3 is 2.58 bits per heavy atom. The molecular weight excluding hydrogens is 469 g/mol. The lowest BCUT2D eigenvalue weighted by Gasteiger charge is -2.35. The molecule has 1 aliphatic heterocycles. The Morgan fingerprint density at radius 1 is 0.972 bits per heavy atom. The maximum Gasteiger partial charge on any atom is 0.295 e. The number of nitrogens with zero attached hydrogens (tertiary/aromatic N) is 10. The van der Waals surface area contributed by atoms with Crippen molar-refractivity contribution in [3.63, 3.8) is 0 Å². The van der Waals surface area contributed by atoms with Gasteiger partial charge in [-0.2, -0.15) is 4.68 Å². The SMILES string of the molecule is O=C(C(=O)N1CCN(c2cnnn2-c2ccccn2)CC1)c1c[nH]c2c(-n3ccnn3)ncc(F)c12. The Morgan fingerprint density at radius 2 is 1.83 bits per heavy atom. The van der Waals surface area contributed by atoms with E-state index in [-0.39, 0.29) is 22.3 Å². The zero-order valence-electron chi connectivity index (χ0n) is 18.7. The Hall–Kier alpha value is -5.01. The summed E-state index contributed by atoms with van der Waals surface area (Å²) in [4.78, 5) is 40.9. The van der Waals surface area contributed by atoms with Crippen LogP contribution in [-0.4, -0.2) is 87.7 Å². The molecular formula is C22H18FN11O2. The molecule has 36 heavy (non-hydrogen) atoms. The van der Waals surface area contributed by atoms with E-state index in [0.717, 1.165) is 12.0 Å². The molecule has 1 amide bonds. The quantitative estimate of drug-likeness (QED) is 0.281. The molecule has 5 aromatic heterocycles. The van der Waals surface area contributed by atoms with Crippen LogP contribution in [-0.2, 0) is 4.79 Å². The molecule has 0 bridgehead atoms. The van der Waals surface area contributed by atoms with Crippen LogP contribution in [0.15, 0.2) is 55.4 Å². The number of H-pyrrole nitrogens is 1. The van der Waals surface area contributed by atoms with E-state index < -0.39 is 17.5 Å². The normalized spacial score (nSPS) is 13.9. The number of rotatable bonds is 5. The standard InChI is InChI=1S/C22H18FN11O2/c23-15-12-26-21(33-6-5-27-29-33)19-18(15)14(11-25-19)20(35)22(36)32-9-7-31(8-10-32)17-13-28-30-34(17)16-3-1-2-4-24-16/h1-6,11-13,25H,7-10H2. The van der Waals surface area contributed by atoms with Gasteiger partial charge in [0.15, 0.2) is 23.3 Å². The summed E-state index contributed by atoms with van der Waals surface area (Å²) in [5.74, 6) is -0.595. The topological polar surface area (TPSA) is 144 Å². The minimum atomic E-state index is -0.801. The van der Waals surface area contributed by atoms with Crippen LogP contribution in [0.5, 0.6) is 0 Å². The third-order valence-corrected chi connectivity index (χ3v) is 6.01. The summed E-state index contributed by atoms with van der Waals surface area (Å²) < 4.78 is 17.7. The highest BCUT2D eigenvalue weighted by atomic mass is 19.1. The van der Waals surface area contributed by atoms with Gasteiger partial charge in [-0.15, -0.1) is 10.2 Å². The summed E-state index contributed by atoms with van der Waals surface area (Å²) in [6, 6.07) is 5.49. The second-order valence-electron chi connectivity index (χ2n) is 8.03. The lowest BCUT2D eigenvalue weighted by atomic mass is 10.1. The number of ketones is 1. The number of aromatic amines is 1. The van der Waals surface area contributed by atoms with Gasteiger partial charge < -0.3 is 14.8 Å². The summed E-state index contributed by atoms with van der Waals surface area (Å²) in [5.41, 5.74) is 0.188. The van der Waals surface area contributed by atoms with E-state index in [1.807, 2.05) is 23.1 Å². The number of piperazine rings is 1. The van der Waals surface area contributed by atoms with Gasteiger partial charge in [0, 0.05) is 38.6 Å². The van der Waals surface area contributed by atoms with Gasteiger partial charge in [-0.3, -0.25) is 9.59 Å². The van der Waals surface area contributed by atoms with E-state index in [0.29, 0.717) is 32.0 Å². The molecule has 1 fully saturated rings. The second-order valence-corrected chi connectivity index (χ2v) is 8.03.